The lowest BCUT2D eigenvalue weighted by molar-refractivity contribution is -0.0828. The highest BCUT2D eigenvalue weighted by Gasteiger charge is 2.45. The zero-order chi connectivity index (χ0) is 20.5. The van der Waals surface area contributed by atoms with Gasteiger partial charge in [-0.2, -0.15) is 0 Å². The molecule has 4 rings (SSSR count). The molecular weight excluding hydrogens is 394 g/mol. The fraction of sp³-hybridized carbons (Fsp3) is 0.526. The van der Waals surface area contributed by atoms with Gasteiger partial charge >= 0.3 is 0 Å². The van der Waals surface area contributed by atoms with Crippen molar-refractivity contribution in [1.29, 1.82) is 0 Å². The van der Waals surface area contributed by atoms with Crippen LogP contribution in [0.1, 0.15) is 41.5 Å². The highest BCUT2D eigenvalue weighted by atomic mass is 32.2. The molecule has 0 radical (unpaired) electrons. The van der Waals surface area contributed by atoms with Gasteiger partial charge in [0.15, 0.2) is 0 Å². The molecule has 1 spiro atoms. The molecule has 1 fully saturated rings. The molecule has 10 heteroatoms. The topological polar surface area (TPSA) is 106 Å². The maximum absolute atomic E-state index is 12.7. The lowest BCUT2D eigenvalue weighted by atomic mass is 10.0. The zero-order valence-electron chi connectivity index (χ0n) is 16.4. The molecule has 0 bridgehead atoms. The molecule has 3 heterocycles. The molecule has 2 aromatic rings. The zero-order valence-corrected chi connectivity index (χ0v) is 17.2. The molecule has 1 aromatic carbocycles. The van der Waals surface area contributed by atoms with E-state index in [0.29, 0.717) is 43.9 Å². The van der Waals surface area contributed by atoms with Crippen LogP contribution in [0.4, 0.5) is 0 Å². The van der Waals surface area contributed by atoms with Gasteiger partial charge in [-0.05, 0) is 25.0 Å². The summed E-state index contributed by atoms with van der Waals surface area (Å²) < 4.78 is 34.3. The lowest BCUT2D eigenvalue weighted by Gasteiger charge is -2.34. The summed E-state index contributed by atoms with van der Waals surface area (Å²) >= 11 is 0. The number of hydrogen-bond donors (Lipinski definition) is 1. The largest absolute Gasteiger partial charge is 0.365 e. The van der Waals surface area contributed by atoms with Gasteiger partial charge in [-0.3, -0.25) is 4.79 Å². The van der Waals surface area contributed by atoms with Crippen molar-refractivity contribution in [3.8, 4) is 0 Å². The number of sulfonamides is 1. The molecule has 9 nitrogen and oxygen atoms in total. The summed E-state index contributed by atoms with van der Waals surface area (Å²) in [6.07, 6.45) is 1.28. The van der Waals surface area contributed by atoms with Crippen LogP contribution in [0.5, 0.6) is 0 Å². The van der Waals surface area contributed by atoms with Crippen molar-refractivity contribution in [2.45, 2.75) is 45.1 Å². The minimum absolute atomic E-state index is 0.00137. The molecule has 2 aliphatic rings. The molecule has 2 aliphatic heterocycles. The van der Waals surface area contributed by atoms with E-state index < -0.39 is 15.6 Å². The minimum Gasteiger partial charge on any atom is -0.365 e. The lowest BCUT2D eigenvalue weighted by Crippen LogP contribution is -2.45. The normalized spacial score (nSPS) is 21.5. The van der Waals surface area contributed by atoms with E-state index in [2.05, 4.69) is 15.0 Å². The van der Waals surface area contributed by atoms with Crippen LogP contribution < -0.4 is 4.72 Å². The summed E-state index contributed by atoms with van der Waals surface area (Å²) in [5.41, 5.74) is 1.55. The SMILES string of the molecule is CCCS(=O)(=O)NCc1nnn2c1COC1(CCN(C(=O)c3ccccc3)C1)C2. The second-order valence-electron chi connectivity index (χ2n) is 7.59. The maximum atomic E-state index is 12.7. The van der Waals surface area contributed by atoms with Crippen molar-refractivity contribution in [2.24, 2.45) is 0 Å². The first-order chi connectivity index (χ1) is 13.9. The Morgan fingerprint density at radius 3 is 2.83 bits per heavy atom. The van der Waals surface area contributed by atoms with E-state index in [1.807, 2.05) is 42.2 Å². The van der Waals surface area contributed by atoms with E-state index in [0.717, 1.165) is 12.1 Å². The molecule has 29 heavy (non-hydrogen) atoms. The highest BCUT2D eigenvalue weighted by Crippen LogP contribution is 2.33. The Labute approximate surface area is 170 Å². The Morgan fingerprint density at radius 1 is 1.28 bits per heavy atom. The molecule has 1 aromatic heterocycles. The number of nitrogens with zero attached hydrogens (tertiary/aromatic N) is 4. The Bertz CT molecular complexity index is 991. The summed E-state index contributed by atoms with van der Waals surface area (Å²) in [6, 6.07) is 9.23. The number of rotatable bonds is 6. The number of nitrogens with one attached hydrogen (secondary N) is 1. The predicted molar refractivity (Wildman–Crippen MR) is 105 cm³/mol. The average molecular weight is 420 g/mol. The van der Waals surface area contributed by atoms with Crippen molar-refractivity contribution >= 4 is 15.9 Å². The number of carbonyl (C=O) groups excluding carboxylic acids is 1. The summed E-state index contributed by atoms with van der Waals surface area (Å²) in [7, 11) is -3.31. The number of amides is 1. The second kappa shape index (κ2) is 7.85. The highest BCUT2D eigenvalue weighted by molar-refractivity contribution is 7.89. The summed E-state index contributed by atoms with van der Waals surface area (Å²) in [5.74, 6) is 0.0861. The van der Waals surface area contributed by atoms with Gasteiger partial charge in [-0.1, -0.05) is 30.3 Å². The van der Waals surface area contributed by atoms with Gasteiger partial charge < -0.3 is 9.64 Å². The third-order valence-electron chi connectivity index (χ3n) is 5.43. The van der Waals surface area contributed by atoms with Gasteiger partial charge in [0, 0.05) is 12.1 Å². The number of likely N-dealkylation sites (tertiary alicyclic amines) is 1. The molecule has 156 valence electrons. The van der Waals surface area contributed by atoms with Crippen LogP contribution in [-0.2, 0) is 34.5 Å². The van der Waals surface area contributed by atoms with Crippen LogP contribution in [-0.4, -0.2) is 58.7 Å². The molecule has 1 saturated heterocycles. The third-order valence-corrected chi connectivity index (χ3v) is 6.96. The molecule has 1 unspecified atom stereocenters. The maximum Gasteiger partial charge on any atom is 0.253 e. The fourth-order valence-corrected chi connectivity index (χ4v) is 4.92. The molecule has 1 N–H and O–H groups in total. The van der Waals surface area contributed by atoms with Gasteiger partial charge in [0.25, 0.3) is 5.91 Å². The van der Waals surface area contributed by atoms with Crippen LogP contribution in [0.2, 0.25) is 0 Å². The van der Waals surface area contributed by atoms with Crippen molar-refractivity contribution in [3.05, 3.63) is 47.3 Å². The summed E-state index contributed by atoms with van der Waals surface area (Å²) in [5, 5.41) is 8.34. The summed E-state index contributed by atoms with van der Waals surface area (Å²) in [4.78, 5) is 14.5. The predicted octanol–water partition coefficient (Wildman–Crippen LogP) is 0.923. The minimum atomic E-state index is -3.31. The van der Waals surface area contributed by atoms with Crippen molar-refractivity contribution < 1.29 is 17.9 Å². The van der Waals surface area contributed by atoms with Gasteiger partial charge in [0.2, 0.25) is 10.0 Å². The average Bonchev–Trinajstić information content (AvgIpc) is 3.31. The van der Waals surface area contributed by atoms with E-state index in [1.54, 1.807) is 4.68 Å². The Kier molecular flexibility index (Phi) is 5.41. The van der Waals surface area contributed by atoms with Crippen LogP contribution >= 0.6 is 0 Å². The second-order valence-corrected chi connectivity index (χ2v) is 9.52. The molecule has 1 amide bonds. The number of carbonyl (C=O) groups is 1. The third kappa shape index (κ3) is 4.19. The Morgan fingerprint density at radius 2 is 2.07 bits per heavy atom. The molecule has 1 atom stereocenters. The number of aromatic nitrogens is 3. The molecule has 0 saturated carbocycles. The molecule has 0 aliphatic carbocycles. The number of fused-ring (bicyclic) bond motifs is 1. The van der Waals surface area contributed by atoms with Gasteiger partial charge in [0.1, 0.15) is 11.3 Å². The Hall–Kier alpha value is -2.30. The van der Waals surface area contributed by atoms with E-state index in [-0.39, 0.29) is 18.2 Å². The van der Waals surface area contributed by atoms with Crippen LogP contribution in [0, 0.1) is 0 Å². The van der Waals surface area contributed by atoms with E-state index in [9.17, 15) is 13.2 Å². The van der Waals surface area contributed by atoms with E-state index in [1.165, 1.54) is 0 Å². The Balaban J connectivity index is 1.42. The summed E-state index contributed by atoms with van der Waals surface area (Å²) in [6.45, 7) is 3.84. The van der Waals surface area contributed by atoms with E-state index in [4.69, 9.17) is 4.74 Å². The van der Waals surface area contributed by atoms with Crippen molar-refractivity contribution in [2.75, 3.05) is 18.8 Å². The van der Waals surface area contributed by atoms with E-state index >= 15 is 0 Å². The fourth-order valence-electron chi connectivity index (χ4n) is 3.88. The number of benzene rings is 1. The standard InChI is InChI=1S/C19H25N5O4S/c1-2-10-29(26,27)20-11-16-17-12-28-19(14-24(17)22-21-16)8-9-23(13-19)18(25)15-6-4-3-5-7-15/h3-7,20H,2,8-14H2,1H3. The van der Waals surface area contributed by atoms with Gasteiger partial charge in [0.05, 0.1) is 37.7 Å². The van der Waals surface area contributed by atoms with Crippen LogP contribution in [0.3, 0.4) is 0 Å². The van der Waals surface area contributed by atoms with Gasteiger partial charge in [-0.25, -0.2) is 17.8 Å². The first kappa shape index (κ1) is 20.0. The van der Waals surface area contributed by atoms with Crippen LogP contribution in [0.15, 0.2) is 30.3 Å². The van der Waals surface area contributed by atoms with Gasteiger partial charge in [-0.15, -0.1) is 5.10 Å². The van der Waals surface area contributed by atoms with Crippen molar-refractivity contribution in [3.63, 3.8) is 0 Å². The monoisotopic (exact) mass is 419 g/mol. The first-order valence-corrected chi connectivity index (χ1v) is 11.4. The molecular formula is C19H25N5O4S. The van der Waals surface area contributed by atoms with Crippen LogP contribution in [0.25, 0.3) is 0 Å². The first-order valence-electron chi connectivity index (χ1n) is 9.78. The quantitative estimate of drug-likeness (QED) is 0.746. The number of hydrogen-bond acceptors (Lipinski definition) is 6. The number of ether oxygens (including phenoxy) is 1. The van der Waals surface area contributed by atoms with Crippen molar-refractivity contribution in [1.82, 2.24) is 24.6 Å². The smallest absolute Gasteiger partial charge is 0.253 e.